The first-order chi connectivity index (χ1) is 4.35. The molecule has 0 N–H and O–H groups in total. The van der Waals surface area contributed by atoms with Gasteiger partial charge in [0.25, 0.3) is 0 Å². The van der Waals surface area contributed by atoms with Gasteiger partial charge in [-0.05, 0) is 0 Å². The monoisotopic (exact) mass is 118 g/mol. The number of nitrogens with zero attached hydrogens (tertiary/aromatic N) is 2. The molecule has 0 aromatic carbocycles. The maximum absolute atomic E-state index is 8.06. The summed E-state index contributed by atoms with van der Waals surface area (Å²) in [5, 5.41) is 16.1. The Hall–Kier alpha value is -1.92. The molecule has 0 atom stereocenters. The predicted octanol–water partition coefficient (Wildman–Crippen LogP) is 0.525. The molecule has 0 saturated heterocycles. The van der Waals surface area contributed by atoms with E-state index in [1.54, 1.807) is 18.2 Å². The molecule has 3 heteroatoms. The summed E-state index contributed by atoms with van der Waals surface area (Å²) in [6.45, 7) is 0. The van der Waals surface area contributed by atoms with Gasteiger partial charge >= 0.3 is 0 Å². The summed E-state index contributed by atoms with van der Waals surface area (Å²) in [5.74, 6) is 0. The van der Waals surface area contributed by atoms with Gasteiger partial charge in [0, 0.05) is 0 Å². The third-order valence-corrected chi connectivity index (χ3v) is 0.486. The molecular formula is C6H2N2O. The Kier molecular flexibility index (Phi) is 3.34. The molecule has 0 radical (unpaired) electrons. The number of nitriles is 2. The molecule has 3 nitrogen and oxygen atoms in total. The average Bonchev–Trinajstić information content (AvgIpc) is 1.91. The minimum atomic E-state index is -0.145. The van der Waals surface area contributed by atoms with E-state index < -0.39 is 0 Å². The van der Waals surface area contributed by atoms with Gasteiger partial charge in [-0.25, -0.2) is 0 Å². The first-order valence-electron chi connectivity index (χ1n) is 1.96. The van der Waals surface area contributed by atoms with Crippen molar-refractivity contribution in [3.05, 3.63) is 11.8 Å². The molecule has 0 rings (SSSR count). The quantitative estimate of drug-likeness (QED) is 0.286. The Balaban J connectivity index is 4.05. The standard InChI is InChI=1S/C6H2N2O/c1-2-9-5-6(3-7)4-8/h1,5H. The van der Waals surface area contributed by atoms with Gasteiger partial charge in [-0.3, -0.25) is 0 Å². The number of terminal acetylenes is 1. The summed E-state index contributed by atoms with van der Waals surface area (Å²) in [7, 11) is 0. The van der Waals surface area contributed by atoms with Crippen molar-refractivity contribution in [2.24, 2.45) is 0 Å². The van der Waals surface area contributed by atoms with E-state index in [4.69, 9.17) is 10.5 Å². The van der Waals surface area contributed by atoms with Crippen LogP contribution < -0.4 is 0 Å². The minimum Gasteiger partial charge on any atom is -0.413 e. The van der Waals surface area contributed by atoms with E-state index in [0.717, 1.165) is 6.26 Å². The number of allylic oxidation sites excluding steroid dienone is 1. The van der Waals surface area contributed by atoms with Crippen molar-refractivity contribution in [1.82, 2.24) is 0 Å². The minimum absolute atomic E-state index is 0.145. The fourth-order valence-electron chi connectivity index (χ4n) is 0.171. The second kappa shape index (κ2) is 4.24. The molecule has 0 aromatic rings. The lowest BCUT2D eigenvalue weighted by molar-refractivity contribution is 0.439. The third-order valence-electron chi connectivity index (χ3n) is 0.486. The molecule has 0 heterocycles. The molecule has 0 aliphatic carbocycles. The van der Waals surface area contributed by atoms with Crippen LogP contribution in [0, 0.1) is 35.2 Å². The Bertz CT molecular complexity index is 217. The molecule has 0 saturated carbocycles. The Labute approximate surface area is 52.8 Å². The fourth-order valence-corrected chi connectivity index (χ4v) is 0.171. The molecule has 0 amide bonds. The van der Waals surface area contributed by atoms with Crippen LogP contribution >= 0.6 is 0 Å². The zero-order valence-electron chi connectivity index (χ0n) is 4.46. The van der Waals surface area contributed by atoms with Crippen molar-refractivity contribution < 1.29 is 4.74 Å². The van der Waals surface area contributed by atoms with Crippen LogP contribution in [0.5, 0.6) is 0 Å². The number of ether oxygens (including phenoxy) is 1. The highest BCUT2D eigenvalue weighted by atomic mass is 16.5. The van der Waals surface area contributed by atoms with Crippen molar-refractivity contribution in [2.75, 3.05) is 0 Å². The van der Waals surface area contributed by atoms with Gasteiger partial charge < -0.3 is 4.74 Å². The first-order valence-corrected chi connectivity index (χ1v) is 1.96. The summed E-state index contributed by atoms with van der Waals surface area (Å²) < 4.78 is 4.20. The predicted molar refractivity (Wildman–Crippen MR) is 29.2 cm³/mol. The summed E-state index contributed by atoms with van der Waals surface area (Å²) in [6, 6.07) is 3.13. The highest BCUT2D eigenvalue weighted by molar-refractivity contribution is 5.33. The second-order valence-corrected chi connectivity index (χ2v) is 0.991. The van der Waals surface area contributed by atoms with Gasteiger partial charge in [-0.2, -0.15) is 10.5 Å². The van der Waals surface area contributed by atoms with Crippen molar-refractivity contribution in [3.8, 4) is 24.7 Å². The maximum atomic E-state index is 8.06. The molecule has 42 valence electrons. The lowest BCUT2D eigenvalue weighted by Crippen LogP contribution is -1.72. The SMILES string of the molecule is C#COC=C(C#N)C#N. The number of rotatable bonds is 1. The second-order valence-electron chi connectivity index (χ2n) is 0.991. The van der Waals surface area contributed by atoms with E-state index >= 15 is 0 Å². The number of hydrogen-bond acceptors (Lipinski definition) is 3. The van der Waals surface area contributed by atoms with Gasteiger partial charge in [-0.1, -0.05) is 6.42 Å². The van der Waals surface area contributed by atoms with Gasteiger partial charge in [0.1, 0.15) is 24.5 Å². The molecule has 0 aliphatic rings. The van der Waals surface area contributed by atoms with Crippen molar-refractivity contribution in [3.63, 3.8) is 0 Å². The lowest BCUT2D eigenvalue weighted by atomic mass is 10.4. The summed E-state index contributed by atoms with van der Waals surface area (Å²) in [5.41, 5.74) is -0.145. The van der Waals surface area contributed by atoms with E-state index in [-0.39, 0.29) is 5.57 Å². The molecule has 0 aliphatic heterocycles. The van der Waals surface area contributed by atoms with Crippen molar-refractivity contribution in [2.45, 2.75) is 0 Å². The number of hydrogen-bond donors (Lipinski definition) is 0. The van der Waals surface area contributed by atoms with Crippen LogP contribution in [-0.4, -0.2) is 0 Å². The fraction of sp³-hybridized carbons (Fsp3) is 0. The van der Waals surface area contributed by atoms with Crippen LogP contribution in [0.2, 0.25) is 0 Å². The van der Waals surface area contributed by atoms with Crippen LogP contribution in [0.1, 0.15) is 0 Å². The summed E-state index contributed by atoms with van der Waals surface area (Å²) in [4.78, 5) is 0. The molecule has 9 heavy (non-hydrogen) atoms. The first kappa shape index (κ1) is 7.08. The van der Waals surface area contributed by atoms with Crippen LogP contribution in [0.25, 0.3) is 0 Å². The molecule has 0 aromatic heterocycles. The normalized spacial score (nSPS) is 5.44. The van der Waals surface area contributed by atoms with E-state index in [9.17, 15) is 0 Å². The maximum Gasteiger partial charge on any atom is 0.165 e. The smallest absolute Gasteiger partial charge is 0.165 e. The Morgan fingerprint density at radius 1 is 1.44 bits per heavy atom. The van der Waals surface area contributed by atoms with E-state index in [1.165, 1.54) is 0 Å². The zero-order chi connectivity index (χ0) is 7.11. The summed E-state index contributed by atoms with van der Waals surface area (Å²) in [6.07, 6.45) is 7.36. The van der Waals surface area contributed by atoms with Gasteiger partial charge in [-0.15, -0.1) is 0 Å². The van der Waals surface area contributed by atoms with Crippen LogP contribution in [-0.2, 0) is 4.74 Å². The highest BCUT2D eigenvalue weighted by Gasteiger charge is 1.87. The van der Waals surface area contributed by atoms with Gasteiger partial charge in [0.2, 0.25) is 0 Å². The topological polar surface area (TPSA) is 56.8 Å². The van der Waals surface area contributed by atoms with Crippen LogP contribution in [0.15, 0.2) is 11.8 Å². The lowest BCUT2D eigenvalue weighted by Gasteiger charge is -1.79. The van der Waals surface area contributed by atoms with E-state index in [0.29, 0.717) is 0 Å². The van der Waals surface area contributed by atoms with E-state index in [1.807, 2.05) is 0 Å². The van der Waals surface area contributed by atoms with Gasteiger partial charge in [0.15, 0.2) is 5.57 Å². The van der Waals surface area contributed by atoms with E-state index in [2.05, 4.69) is 11.2 Å². The Morgan fingerprint density at radius 3 is 2.33 bits per heavy atom. The molecule has 0 spiro atoms. The largest absolute Gasteiger partial charge is 0.413 e. The average molecular weight is 118 g/mol. The molecule has 0 fully saturated rings. The van der Waals surface area contributed by atoms with Crippen LogP contribution in [0.3, 0.4) is 0 Å². The molecule has 0 unspecified atom stereocenters. The molecule has 0 bridgehead atoms. The molecular weight excluding hydrogens is 116 g/mol. The van der Waals surface area contributed by atoms with Crippen LogP contribution in [0.4, 0.5) is 0 Å². The van der Waals surface area contributed by atoms with Crippen molar-refractivity contribution >= 4 is 0 Å². The Morgan fingerprint density at radius 2 is 2.00 bits per heavy atom. The zero-order valence-corrected chi connectivity index (χ0v) is 4.46. The van der Waals surface area contributed by atoms with Crippen molar-refractivity contribution in [1.29, 1.82) is 10.5 Å². The van der Waals surface area contributed by atoms with Gasteiger partial charge in [0.05, 0.1) is 0 Å². The summed E-state index contributed by atoms with van der Waals surface area (Å²) >= 11 is 0. The third kappa shape index (κ3) is 2.74. The highest BCUT2D eigenvalue weighted by Crippen LogP contribution is 1.87.